The molecule has 4 rings (SSSR count). The molecule has 0 spiro atoms. The number of hydrogen-bond acceptors (Lipinski definition) is 7. The standard InChI is InChI=1S/C23H17ClN4O5S/c24-16-5-3-6-17(12-16)27-34(32,33)18-9-10-21(22(13-18)28(30)31)26-25-14-20-19-7-2-1-4-15(19)8-11-23(20)29/h1-14,26-27,29H. The number of rotatable bonds is 7. The molecular formula is C23H17ClN4O5S. The van der Waals surface area contributed by atoms with Crippen molar-refractivity contribution < 1.29 is 18.4 Å². The minimum absolute atomic E-state index is 0.00715. The van der Waals surface area contributed by atoms with Crippen LogP contribution in [0.2, 0.25) is 5.02 Å². The summed E-state index contributed by atoms with van der Waals surface area (Å²) in [7, 11) is -4.11. The van der Waals surface area contributed by atoms with Crippen LogP contribution >= 0.6 is 11.6 Å². The second-order valence-electron chi connectivity index (χ2n) is 7.14. The summed E-state index contributed by atoms with van der Waals surface area (Å²) in [5.74, 6) is -0.00715. The van der Waals surface area contributed by atoms with Crippen molar-refractivity contribution in [2.75, 3.05) is 10.1 Å². The zero-order chi connectivity index (χ0) is 24.3. The average Bonchev–Trinajstić information content (AvgIpc) is 2.80. The summed E-state index contributed by atoms with van der Waals surface area (Å²) >= 11 is 5.88. The molecule has 4 aromatic rings. The quantitative estimate of drug-likeness (QED) is 0.179. The lowest BCUT2D eigenvalue weighted by Gasteiger charge is -2.10. The van der Waals surface area contributed by atoms with Crippen molar-refractivity contribution in [3.05, 3.63) is 99.6 Å². The monoisotopic (exact) mass is 496 g/mol. The highest BCUT2D eigenvalue weighted by atomic mass is 35.5. The Balaban J connectivity index is 1.62. The number of hydrazone groups is 1. The molecule has 0 heterocycles. The van der Waals surface area contributed by atoms with Gasteiger partial charge in [-0.1, -0.05) is 48.0 Å². The Bertz CT molecular complexity index is 1540. The van der Waals surface area contributed by atoms with Crippen LogP contribution in [-0.2, 0) is 10.0 Å². The number of aromatic hydroxyl groups is 1. The summed E-state index contributed by atoms with van der Waals surface area (Å²) in [6.45, 7) is 0. The van der Waals surface area contributed by atoms with Crippen LogP contribution in [0.15, 0.2) is 88.9 Å². The van der Waals surface area contributed by atoms with Crippen LogP contribution in [0.3, 0.4) is 0 Å². The van der Waals surface area contributed by atoms with Gasteiger partial charge in [-0.2, -0.15) is 5.10 Å². The molecule has 0 saturated carbocycles. The lowest BCUT2D eigenvalue weighted by Crippen LogP contribution is -2.13. The molecule has 0 aliphatic rings. The van der Waals surface area contributed by atoms with E-state index in [4.69, 9.17) is 11.6 Å². The molecule has 0 aliphatic carbocycles. The van der Waals surface area contributed by atoms with Crippen molar-refractivity contribution in [2.45, 2.75) is 4.90 Å². The number of phenolic OH excluding ortho intramolecular Hbond substituents is 1. The first-order valence-corrected chi connectivity index (χ1v) is 11.7. The van der Waals surface area contributed by atoms with Gasteiger partial charge in [-0.15, -0.1) is 0 Å². The zero-order valence-corrected chi connectivity index (χ0v) is 18.9. The van der Waals surface area contributed by atoms with E-state index in [-0.39, 0.29) is 22.0 Å². The van der Waals surface area contributed by atoms with Gasteiger partial charge in [-0.25, -0.2) is 8.42 Å². The van der Waals surface area contributed by atoms with E-state index in [1.165, 1.54) is 36.5 Å². The first kappa shape index (κ1) is 23.0. The number of fused-ring (bicyclic) bond motifs is 1. The second kappa shape index (κ2) is 9.38. The molecule has 0 saturated heterocycles. The topological polar surface area (TPSA) is 134 Å². The van der Waals surface area contributed by atoms with Crippen molar-refractivity contribution in [3.63, 3.8) is 0 Å². The Kier molecular flexibility index (Phi) is 6.35. The zero-order valence-electron chi connectivity index (χ0n) is 17.3. The molecule has 0 amide bonds. The molecule has 4 aromatic carbocycles. The van der Waals surface area contributed by atoms with Gasteiger partial charge in [0.1, 0.15) is 11.4 Å². The lowest BCUT2D eigenvalue weighted by atomic mass is 10.0. The molecule has 9 nitrogen and oxygen atoms in total. The van der Waals surface area contributed by atoms with Crippen molar-refractivity contribution in [2.24, 2.45) is 5.10 Å². The number of hydrogen-bond donors (Lipinski definition) is 3. The highest BCUT2D eigenvalue weighted by molar-refractivity contribution is 7.92. The van der Waals surface area contributed by atoms with Crippen LogP contribution in [0.25, 0.3) is 10.8 Å². The van der Waals surface area contributed by atoms with Gasteiger partial charge in [0, 0.05) is 16.7 Å². The lowest BCUT2D eigenvalue weighted by molar-refractivity contribution is -0.384. The summed E-state index contributed by atoms with van der Waals surface area (Å²) in [4.78, 5) is 10.6. The average molecular weight is 497 g/mol. The predicted molar refractivity (Wildman–Crippen MR) is 132 cm³/mol. The van der Waals surface area contributed by atoms with Crippen molar-refractivity contribution in [1.29, 1.82) is 0 Å². The molecule has 34 heavy (non-hydrogen) atoms. The molecule has 0 atom stereocenters. The largest absolute Gasteiger partial charge is 0.507 e. The first-order chi connectivity index (χ1) is 16.2. The minimum atomic E-state index is -4.11. The molecule has 0 unspecified atom stereocenters. The van der Waals surface area contributed by atoms with Gasteiger partial charge in [-0.05, 0) is 47.2 Å². The van der Waals surface area contributed by atoms with Crippen LogP contribution < -0.4 is 10.1 Å². The minimum Gasteiger partial charge on any atom is -0.507 e. The predicted octanol–water partition coefficient (Wildman–Crippen LogP) is 5.35. The third-order valence-corrected chi connectivity index (χ3v) is 6.49. The number of nitrogens with zero attached hydrogens (tertiary/aromatic N) is 2. The molecule has 3 N–H and O–H groups in total. The number of halogens is 1. The van der Waals surface area contributed by atoms with E-state index < -0.39 is 20.6 Å². The molecule has 11 heteroatoms. The third kappa shape index (κ3) is 4.92. The fourth-order valence-electron chi connectivity index (χ4n) is 3.28. The summed E-state index contributed by atoms with van der Waals surface area (Å²) in [5.41, 5.74) is 2.69. The fraction of sp³-hybridized carbons (Fsp3) is 0. The number of nitro groups is 1. The number of sulfonamides is 1. The van der Waals surface area contributed by atoms with Crippen LogP contribution in [0.5, 0.6) is 5.75 Å². The first-order valence-electron chi connectivity index (χ1n) is 9.81. The molecular weight excluding hydrogens is 480 g/mol. The summed E-state index contributed by atoms with van der Waals surface area (Å²) in [5, 5.41) is 27.8. The maximum absolute atomic E-state index is 12.7. The number of nitrogens with one attached hydrogen (secondary N) is 2. The van der Waals surface area contributed by atoms with Gasteiger partial charge in [-0.3, -0.25) is 20.3 Å². The molecule has 0 radical (unpaired) electrons. The molecule has 0 bridgehead atoms. The number of benzene rings is 4. The van der Waals surface area contributed by atoms with Gasteiger partial charge < -0.3 is 5.11 Å². The maximum atomic E-state index is 12.7. The number of anilines is 2. The normalized spacial score (nSPS) is 11.6. The van der Waals surface area contributed by atoms with E-state index in [2.05, 4.69) is 15.2 Å². The smallest absolute Gasteiger partial charge is 0.295 e. The van der Waals surface area contributed by atoms with Gasteiger partial charge in [0.15, 0.2) is 0 Å². The second-order valence-corrected chi connectivity index (χ2v) is 9.26. The Morgan fingerprint density at radius 3 is 2.56 bits per heavy atom. The van der Waals surface area contributed by atoms with Gasteiger partial charge in [0.25, 0.3) is 15.7 Å². The maximum Gasteiger partial charge on any atom is 0.295 e. The Morgan fingerprint density at radius 1 is 1.00 bits per heavy atom. The van der Waals surface area contributed by atoms with Crippen molar-refractivity contribution in [1.82, 2.24) is 0 Å². The van der Waals surface area contributed by atoms with Gasteiger partial charge >= 0.3 is 0 Å². The van der Waals surface area contributed by atoms with Gasteiger partial charge in [0.05, 0.1) is 21.7 Å². The highest BCUT2D eigenvalue weighted by Crippen LogP contribution is 2.30. The highest BCUT2D eigenvalue weighted by Gasteiger charge is 2.21. The van der Waals surface area contributed by atoms with Crippen LogP contribution in [-0.4, -0.2) is 24.7 Å². The van der Waals surface area contributed by atoms with Crippen LogP contribution in [0, 0.1) is 10.1 Å². The summed E-state index contributed by atoms with van der Waals surface area (Å²) < 4.78 is 27.7. The van der Waals surface area contributed by atoms with Crippen molar-refractivity contribution in [3.8, 4) is 5.75 Å². The third-order valence-electron chi connectivity index (χ3n) is 4.88. The van der Waals surface area contributed by atoms with E-state index in [0.717, 1.165) is 16.8 Å². The van der Waals surface area contributed by atoms with E-state index in [1.807, 2.05) is 24.3 Å². The fourth-order valence-corrected chi connectivity index (χ4v) is 4.54. The number of phenols is 1. The summed E-state index contributed by atoms with van der Waals surface area (Å²) in [6, 6.07) is 20.1. The number of nitro benzene ring substituents is 1. The van der Waals surface area contributed by atoms with Crippen molar-refractivity contribution >= 4 is 55.7 Å². The van der Waals surface area contributed by atoms with Gasteiger partial charge in [0.2, 0.25) is 0 Å². The van der Waals surface area contributed by atoms with E-state index in [9.17, 15) is 23.6 Å². The Hall–Kier alpha value is -4.15. The van der Waals surface area contributed by atoms with E-state index in [0.29, 0.717) is 10.6 Å². The molecule has 172 valence electrons. The Labute approximate surface area is 199 Å². The van der Waals surface area contributed by atoms with Crippen LogP contribution in [0.1, 0.15) is 5.56 Å². The SMILES string of the molecule is O=[N+]([O-])c1cc(S(=O)(=O)Nc2cccc(Cl)c2)ccc1NN=Cc1c(O)ccc2ccccc12. The molecule has 0 aliphatic heterocycles. The Morgan fingerprint density at radius 2 is 1.79 bits per heavy atom. The summed E-state index contributed by atoms with van der Waals surface area (Å²) in [6.07, 6.45) is 1.34. The van der Waals surface area contributed by atoms with E-state index >= 15 is 0 Å². The van der Waals surface area contributed by atoms with E-state index in [1.54, 1.807) is 18.2 Å². The molecule has 0 aromatic heterocycles. The molecule has 0 fully saturated rings. The van der Waals surface area contributed by atoms with Crippen LogP contribution in [0.4, 0.5) is 17.1 Å².